The van der Waals surface area contributed by atoms with Crippen molar-refractivity contribution in [1.82, 2.24) is 15.6 Å². The van der Waals surface area contributed by atoms with Crippen LogP contribution >= 0.6 is 0 Å². The first-order valence-corrected chi connectivity index (χ1v) is 8.91. The minimum Gasteiger partial charge on any atom is -0.496 e. The van der Waals surface area contributed by atoms with Gasteiger partial charge < -0.3 is 20.1 Å². The van der Waals surface area contributed by atoms with Gasteiger partial charge >= 0.3 is 0 Å². The van der Waals surface area contributed by atoms with Crippen molar-refractivity contribution in [2.75, 3.05) is 33.4 Å². The third-order valence-corrected chi connectivity index (χ3v) is 3.73. The van der Waals surface area contributed by atoms with Gasteiger partial charge in [0.1, 0.15) is 18.1 Å². The Balaban J connectivity index is 1.81. The Morgan fingerprint density at radius 3 is 2.85 bits per heavy atom. The van der Waals surface area contributed by atoms with E-state index in [1.807, 2.05) is 25.1 Å². The second-order valence-electron chi connectivity index (χ2n) is 5.79. The van der Waals surface area contributed by atoms with Gasteiger partial charge in [0.25, 0.3) is 0 Å². The number of benzene rings is 1. The minimum absolute atomic E-state index is 0.543. The van der Waals surface area contributed by atoms with Crippen LogP contribution in [-0.4, -0.2) is 44.3 Å². The molecule has 1 heterocycles. The summed E-state index contributed by atoms with van der Waals surface area (Å²) in [7, 11) is 1.70. The van der Waals surface area contributed by atoms with E-state index in [0.29, 0.717) is 19.7 Å². The van der Waals surface area contributed by atoms with Crippen molar-refractivity contribution in [2.45, 2.75) is 20.3 Å². The Morgan fingerprint density at radius 1 is 1.23 bits per heavy atom. The van der Waals surface area contributed by atoms with E-state index in [-0.39, 0.29) is 0 Å². The lowest BCUT2D eigenvalue weighted by atomic mass is 10.1. The number of guanidine groups is 1. The van der Waals surface area contributed by atoms with Crippen molar-refractivity contribution in [3.63, 3.8) is 0 Å². The van der Waals surface area contributed by atoms with Crippen molar-refractivity contribution in [2.24, 2.45) is 4.99 Å². The average Bonchev–Trinajstić information content (AvgIpc) is 2.66. The second-order valence-corrected chi connectivity index (χ2v) is 5.79. The summed E-state index contributed by atoms with van der Waals surface area (Å²) in [5.41, 5.74) is 2.40. The maximum Gasteiger partial charge on any atom is 0.191 e. The normalized spacial score (nSPS) is 11.1. The highest BCUT2D eigenvalue weighted by Gasteiger charge is 2.03. The van der Waals surface area contributed by atoms with Crippen molar-refractivity contribution < 1.29 is 9.47 Å². The molecule has 0 atom stereocenters. The maximum absolute atomic E-state index is 5.63. The lowest BCUT2D eigenvalue weighted by molar-refractivity contribution is 0.320. The number of aromatic nitrogens is 1. The SMILES string of the molecule is CCNC(=NCCc1cc(C)ccc1OC)NCCOc1cccnc1. The molecule has 1 aromatic carbocycles. The Morgan fingerprint density at radius 2 is 2.12 bits per heavy atom. The van der Waals surface area contributed by atoms with Gasteiger partial charge in [-0.15, -0.1) is 0 Å². The average molecular weight is 356 g/mol. The number of rotatable bonds is 9. The number of methoxy groups -OCH3 is 1. The predicted molar refractivity (Wildman–Crippen MR) is 105 cm³/mol. The summed E-state index contributed by atoms with van der Waals surface area (Å²) in [6, 6.07) is 9.96. The molecule has 0 unspecified atom stereocenters. The molecule has 0 bridgehead atoms. The number of aryl methyl sites for hydroxylation is 1. The molecule has 0 aliphatic rings. The highest BCUT2D eigenvalue weighted by molar-refractivity contribution is 5.79. The van der Waals surface area contributed by atoms with Gasteiger partial charge in [-0.1, -0.05) is 17.7 Å². The number of ether oxygens (including phenoxy) is 2. The third-order valence-electron chi connectivity index (χ3n) is 3.73. The van der Waals surface area contributed by atoms with E-state index in [0.717, 1.165) is 30.4 Å². The highest BCUT2D eigenvalue weighted by Crippen LogP contribution is 2.20. The molecule has 0 fully saturated rings. The van der Waals surface area contributed by atoms with E-state index in [1.165, 1.54) is 11.1 Å². The summed E-state index contributed by atoms with van der Waals surface area (Å²) in [6.45, 7) is 6.82. The van der Waals surface area contributed by atoms with E-state index >= 15 is 0 Å². The Bertz CT molecular complexity index is 689. The standard InChI is InChI=1S/C20H28N4O2/c1-4-22-20(24-12-13-26-18-6-5-10-21-15-18)23-11-9-17-14-16(2)7-8-19(17)25-3/h5-8,10,14-15H,4,9,11-13H2,1-3H3,(H2,22,23,24). The van der Waals surface area contributed by atoms with Crippen LogP contribution in [0, 0.1) is 6.92 Å². The van der Waals surface area contributed by atoms with Gasteiger partial charge in [-0.05, 0) is 44.0 Å². The zero-order chi connectivity index (χ0) is 18.6. The van der Waals surface area contributed by atoms with E-state index in [9.17, 15) is 0 Å². The molecule has 0 amide bonds. The summed E-state index contributed by atoms with van der Waals surface area (Å²) < 4.78 is 11.1. The minimum atomic E-state index is 0.543. The van der Waals surface area contributed by atoms with E-state index < -0.39 is 0 Å². The lowest BCUT2D eigenvalue weighted by Gasteiger charge is -2.12. The number of hydrogen-bond acceptors (Lipinski definition) is 4. The number of aliphatic imine (C=N–C) groups is 1. The number of pyridine rings is 1. The first-order chi connectivity index (χ1) is 12.7. The third kappa shape index (κ3) is 6.63. The molecule has 0 radical (unpaired) electrons. The summed E-state index contributed by atoms with van der Waals surface area (Å²) in [5, 5.41) is 6.53. The largest absolute Gasteiger partial charge is 0.496 e. The van der Waals surface area contributed by atoms with Gasteiger partial charge in [0, 0.05) is 19.3 Å². The molecular formula is C20H28N4O2. The highest BCUT2D eigenvalue weighted by atomic mass is 16.5. The molecule has 1 aromatic heterocycles. The molecule has 6 heteroatoms. The van der Waals surface area contributed by atoms with Crippen LogP contribution in [0.3, 0.4) is 0 Å². The van der Waals surface area contributed by atoms with Crippen LogP contribution in [0.4, 0.5) is 0 Å². The Hall–Kier alpha value is -2.76. The molecule has 0 saturated carbocycles. The zero-order valence-corrected chi connectivity index (χ0v) is 15.8. The van der Waals surface area contributed by atoms with Crippen LogP contribution in [0.2, 0.25) is 0 Å². The lowest BCUT2D eigenvalue weighted by Crippen LogP contribution is -2.39. The monoisotopic (exact) mass is 356 g/mol. The van der Waals surface area contributed by atoms with Crippen LogP contribution in [-0.2, 0) is 6.42 Å². The predicted octanol–water partition coefficient (Wildman–Crippen LogP) is 2.58. The molecule has 2 rings (SSSR count). The topological polar surface area (TPSA) is 67.8 Å². The molecular weight excluding hydrogens is 328 g/mol. The van der Waals surface area contributed by atoms with Crippen molar-refractivity contribution in [1.29, 1.82) is 0 Å². The molecule has 2 aromatic rings. The van der Waals surface area contributed by atoms with E-state index in [1.54, 1.807) is 19.5 Å². The molecule has 0 spiro atoms. The van der Waals surface area contributed by atoms with Gasteiger partial charge in [0.05, 0.1) is 19.9 Å². The quantitative estimate of drug-likeness (QED) is 0.411. The maximum atomic E-state index is 5.63. The fourth-order valence-corrected chi connectivity index (χ4v) is 2.50. The molecule has 0 aliphatic carbocycles. The molecule has 26 heavy (non-hydrogen) atoms. The number of hydrogen-bond donors (Lipinski definition) is 2. The Kier molecular flexibility index (Phi) is 8.26. The number of nitrogens with zero attached hydrogens (tertiary/aromatic N) is 2. The molecule has 0 aliphatic heterocycles. The van der Waals surface area contributed by atoms with Gasteiger partial charge in [0.2, 0.25) is 0 Å². The van der Waals surface area contributed by atoms with Gasteiger partial charge in [0.15, 0.2) is 5.96 Å². The van der Waals surface area contributed by atoms with Crippen LogP contribution in [0.1, 0.15) is 18.1 Å². The van der Waals surface area contributed by atoms with Gasteiger partial charge in [-0.25, -0.2) is 0 Å². The smallest absolute Gasteiger partial charge is 0.191 e. The van der Waals surface area contributed by atoms with Crippen molar-refractivity contribution in [3.8, 4) is 11.5 Å². The first kappa shape index (κ1) is 19.6. The second kappa shape index (κ2) is 11.0. The fraction of sp³-hybridized carbons (Fsp3) is 0.400. The first-order valence-electron chi connectivity index (χ1n) is 8.91. The van der Waals surface area contributed by atoms with E-state index in [4.69, 9.17) is 9.47 Å². The number of nitrogens with one attached hydrogen (secondary N) is 2. The summed E-state index contributed by atoms with van der Waals surface area (Å²) in [4.78, 5) is 8.66. The van der Waals surface area contributed by atoms with Crippen molar-refractivity contribution >= 4 is 5.96 Å². The summed E-state index contributed by atoms with van der Waals surface area (Å²) >= 11 is 0. The molecule has 6 nitrogen and oxygen atoms in total. The molecule has 140 valence electrons. The van der Waals surface area contributed by atoms with Gasteiger partial charge in [-0.2, -0.15) is 0 Å². The van der Waals surface area contributed by atoms with Crippen LogP contribution in [0.5, 0.6) is 11.5 Å². The Labute approximate surface area is 155 Å². The summed E-state index contributed by atoms with van der Waals surface area (Å²) in [5.74, 6) is 2.46. The molecule has 2 N–H and O–H groups in total. The summed E-state index contributed by atoms with van der Waals surface area (Å²) in [6.07, 6.45) is 4.26. The molecule has 0 saturated heterocycles. The van der Waals surface area contributed by atoms with Crippen LogP contribution < -0.4 is 20.1 Å². The van der Waals surface area contributed by atoms with E-state index in [2.05, 4.69) is 39.7 Å². The zero-order valence-electron chi connectivity index (χ0n) is 15.8. The fourth-order valence-electron chi connectivity index (χ4n) is 2.50. The van der Waals surface area contributed by atoms with Crippen LogP contribution in [0.15, 0.2) is 47.7 Å². The van der Waals surface area contributed by atoms with Crippen LogP contribution in [0.25, 0.3) is 0 Å². The van der Waals surface area contributed by atoms with Crippen molar-refractivity contribution in [3.05, 3.63) is 53.9 Å². The van der Waals surface area contributed by atoms with Gasteiger partial charge in [-0.3, -0.25) is 9.98 Å².